The first-order chi connectivity index (χ1) is 10.4. The maximum absolute atomic E-state index is 12.1. The molecule has 0 atom stereocenters. The zero-order chi connectivity index (χ0) is 16.3. The Labute approximate surface area is 128 Å². The van der Waals surface area contributed by atoms with Crippen LogP contribution in [-0.4, -0.2) is 32.9 Å². The number of rotatable bonds is 4. The molecule has 0 aliphatic rings. The molecule has 9 heteroatoms. The minimum Gasteiger partial charge on any atom is -0.476 e. The monoisotopic (exact) mass is 320 g/mol. The van der Waals surface area contributed by atoms with Gasteiger partial charge in [-0.3, -0.25) is 9.59 Å². The number of nitrogens with one attached hydrogen (secondary N) is 1. The number of nitrogens with two attached hydrogens (primary N) is 1. The van der Waals surface area contributed by atoms with Crippen LogP contribution in [0.4, 0.5) is 5.69 Å². The highest BCUT2D eigenvalue weighted by molar-refractivity contribution is 6.34. The van der Waals surface area contributed by atoms with E-state index in [2.05, 4.69) is 15.3 Å². The third kappa shape index (κ3) is 3.18. The first-order valence-electron chi connectivity index (χ1n) is 5.85. The quantitative estimate of drug-likeness (QED) is 0.774. The Morgan fingerprint density at radius 2 is 1.77 bits per heavy atom. The van der Waals surface area contributed by atoms with Crippen LogP contribution in [0.2, 0.25) is 5.02 Å². The van der Waals surface area contributed by atoms with E-state index in [1.165, 1.54) is 24.4 Å². The van der Waals surface area contributed by atoms with Crippen molar-refractivity contribution >= 4 is 35.1 Å². The molecule has 0 saturated carbocycles. The van der Waals surface area contributed by atoms with Crippen LogP contribution in [0.3, 0.4) is 0 Å². The summed E-state index contributed by atoms with van der Waals surface area (Å²) in [5.41, 5.74) is 4.55. The van der Waals surface area contributed by atoms with E-state index in [4.69, 9.17) is 22.4 Å². The van der Waals surface area contributed by atoms with Crippen LogP contribution in [0.15, 0.2) is 30.6 Å². The van der Waals surface area contributed by atoms with Gasteiger partial charge in [0.05, 0.1) is 10.6 Å². The Morgan fingerprint density at radius 1 is 1.14 bits per heavy atom. The predicted molar refractivity (Wildman–Crippen MR) is 76.9 cm³/mol. The summed E-state index contributed by atoms with van der Waals surface area (Å²) < 4.78 is 0. The van der Waals surface area contributed by atoms with Gasteiger partial charge in [0.25, 0.3) is 5.91 Å². The van der Waals surface area contributed by atoms with Crippen molar-refractivity contribution in [3.05, 3.63) is 52.6 Å². The number of aromatic nitrogens is 2. The first kappa shape index (κ1) is 15.4. The largest absolute Gasteiger partial charge is 0.476 e. The number of carbonyl (C=O) groups is 3. The lowest BCUT2D eigenvalue weighted by Gasteiger charge is -2.08. The number of hydrogen-bond acceptors (Lipinski definition) is 5. The molecule has 0 fully saturated rings. The van der Waals surface area contributed by atoms with Crippen LogP contribution in [0.25, 0.3) is 0 Å². The van der Waals surface area contributed by atoms with E-state index >= 15 is 0 Å². The number of carboxylic acids is 1. The Kier molecular flexibility index (Phi) is 4.33. The fraction of sp³-hybridized carbons (Fsp3) is 0. The molecule has 0 spiro atoms. The van der Waals surface area contributed by atoms with Gasteiger partial charge in [-0.1, -0.05) is 11.6 Å². The van der Waals surface area contributed by atoms with Crippen molar-refractivity contribution in [3.8, 4) is 0 Å². The highest BCUT2D eigenvalue weighted by Crippen LogP contribution is 2.20. The van der Waals surface area contributed by atoms with E-state index in [-0.39, 0.29) is 22.0 Å². The Morgan fingerprint density at radius 3 is 2.36 bits per heavy atom. The zero-order valence-electron chi connectivity index (χ0n) is 10.9. The lowest BCUT2D eigenvalue weighted by Crippen LogP contribution is -2.20. The van der Waals surface area contributed by atoms with Gasteiger partial charge in [-0.15, -0.1) is 0 Å². The average Bonchev–Trinajstić information content (AvgIpc) is 2.48. The summed E-state index contributed by atoms with van der Waals surface area (Å²) in [5.74, 6) is -2.93. The molecule has 0 unspecified atom stereocenters. The molecule has 4 N–H and O–H groups in total. The molecule has 22 heavy (non-hydrogen) atoms. The van der Waals surface area contributed by atoms with Crippen molar-refractivity contribution in [3.63, 3.8) is 0 Å². The van der Waals surface area contributed by atoms with Crippen LogP contribution >= 0.6 is 11.6 Å². The molecule has 2 aromatic rings. The van der Waals surface area contributed by atoms with E-state index in [1.807, 2.05) is 0 Å². The summed E-state index contributed by atoms with van der Waals surface area (Å²) in [7, 11) is 0. The minimum atomic E-state index is -1.38. The second kappa shape index (κ2) is 6.19. The van der Waals surface area contributed by atoms with Gasteiger partial charge < -0.3 is 16.2 Å². The second-order valence-corrected chi connectivity index (χ2v) is 4.48. The number of nitrogens with zero attached hydrogens (tertiary/aromatic N) is 2. The number of hydrogen-bond donors (Lipinski definition) is 3. The van der Waals surface area contributed by atoms with E-state index in [0.717, 1.165) is 6.20 Å². The summed E-state index contributed by atoms with van der Waals surface area (Å²) in [4.78, 5) is 41.6. The molecule has 0 aliphatic heterocycles. The molecule has 112 valence electrons. The van der Waals surface area contributed by atoms with Crippen molar-refractivity contribution in [2.24, 2.45) is 5.73 Å². The number of amides is 2. The smallest absolute Gasteiger partial charge is 0.356 e. The number of carbonyl (C=O) groups excluding carboxylic acids is 2. The summed E-state index contributed by atoms with van der Waals surface area (Å²) in [6.45, 7) is 0. The standard InChI is InChI=1S/C13H9ClN4O4/c14-8-2-1-6(5-7(8)11(15)19)18-12(20)9-10(13(21)22)17-4-3-16-9/h1-5H,(H2,15,19)(H,18,20)(H,21,22). The minimum absolute atomic E-state index is 0.0251. The molecule has 0 radical (unpaired) electrons. The molecule has 8 nitrogen and oxygen atoms in total. The summed E-state index contributed by atoms with van der Waals surface area (Å²) in [5, 5.41) is 11.5. The van der Waals surface area contributed by atoms with Crippen LogP contribution in [0, 0.1) is 0 Å². The zero-order valence-corrected chi connectivity index (χ0v) is 11.7. The van der Waals surface area contributed by atoms with Crippen LogP contribution in [0.1, 0.15) is 31.3 Å². The number of anilines is 1. The maximum Gasteiger partial charge on any atom is 0.356 e. The van der Waals surface area contributed by atoms with Gasteiger partial charge in [0.2, 0.25) is 5.91 Å². The van der Waals surface area contributed by atoms with Crippen molar-refractivity contribution < 1.29 is 19.5 Å². The molecular formula is C13H9ClN4O4. The SMILES string of the molecule is NC(=O)c1cc(NC(=O)c2nccnc2C(=O)O)ccc1Cl. The van der Waals surface area contributed by atoms with Gasteiger partial charge in [0.1, 0.15) is 0 Å². The normalized spacial score (nSPS) is 10.0. The lowest BCUT2D eigenvalue weighted by molar-refractivity contribution is 0.0684. The van der Waals surface area contributed by atoms with E-state index < -0.39 is 23.5 Å². The topological polar surface area (TPSA) is 135 Å². The van der Waals surface area contributed by atoms with Crippen LogP contribution in [0.5, 0.6) is 0 Å². The molecule has 2 rings (SSSR count). The number of aromatic carboxylic acids is 1. The summed E-state index contributed by atoms with van der Waals surface area (Å²) in [6.07, 6.45) is 2.35. The summed E-state index contributed by atoms with van der Waals surface area (Å²) in [6, 6.07) is 4.09. The van der Waals surface area contributed by atoms with Gasteiger partial charge in [0, 0.05) is 18.1 Å². The fourth-order valence-corrected chi connectivity index (χ4v) is 1.85. The Hall–Kier alpha value is -3.00. The van der Waals surface area contributed by atoms with Gasteiger partial charge in [-0.25, -0.2) is 14.8 Å². The van der Waals surface area contributed by atoms with E-state index in [0.29, 0.717) is 0 Å². The fourth-order valence-electron chi connectivity index (χ4n) is 1.64. The maximum atomic E-state index is 12.1. The predicted octanol–water partition coefficient (Wildman–Crippen LogP) is 1.18. The third-order valence-corrected chi connectivity index (χ3v) is 2.94. The molecule has 1 aromatic heterocycles. The van der Waals surface area contributed by atoms with Crippen molar-refractivity contribution in [2.75, 3.05) is 5.32 Å². The second-order valence-electron chi connectivity index (χ2n) is 4.07. The number of benzene rings is 1. The van der Waals surface area contributed by atoms with E-state index in [1.54, 1.807) is 0 Å². The number of carboxylic acid groups (broad SMARTS) is 1. The highest BCUT2D eigenvalue weighted by Gasteiger charge is 2.20. The van der Waals surface area contributed by atoms with Crippen LogP contribution < -0.4 is 11.1 Å². The van der Waals surface area contributed by atoms with Gasteiger partial charge >= 0.3 is 5.97 Å². The van der Waals surface area contributed by atoms with Gasteiger partial charge in [0.15, 0.2) is 11.4 Å². The highest BCUT2D eigenvalue weighted by atomic mass is 35.5. The average molecular weight is 321 g/mol. The Balaban J connectivity index is 2.32. The molecule has 1 aromatic carbocycles. The van der Waals surface area contributed by atoms with Gasteiger partial charge in [-0.2, -0.15) is 0 Å². The van der Waals surface area contributed by atoms with Crippen molar-refractivity contribution in [1.29, 1.82) is 0 Å². The molecular weight excluding hydrogens is 312 g/mol. The number of halogens is 1. The van der Waals surface area contributed by atoms with E-state index in [9.17, 15) is 14.4 Å². The third-order valence-electron chi connectivity index (χ3n) is 2.61. The van der Waals surface area contributed by atoms with Crippen molar-refractivity contribution in [1.82, 2.24) is 9.97 Å². The number of primary amides is 1. The molecule has 0 aliphatic carbocycles. The molecule has 1 heterocycles. The van der Waals surface area contributed by atoms with Crippen molar-refractivity contribution in [2.45, 2.75) is 0 Å². The lowest BCUT2D eigenvalue weighted by atomic mass is 10.2. The summed E-state index contributed by atoms with van der Waals surface area (Å²) >= 11 is 5.80. The molecule has 2 amide bonds. The van der Waals surface area contributed by atoms with Gasteiger partial charge in [-0.05, 0) is 18.2 Å². The molecule has 0 saturated heterocycles. The molecule has 0 bridgehead atoms. The Bertz CT molecular complexity index is 778. The first-order valence-corrected chi connectivity index (χ1v) is 6.23. The van der Waals surface area contributed by atoms with Crippen LogP contribution in [-0.2, 0) is 0 Å².